The molecule has 0 unspecified atom stereocenters. The summed E-state index contributed by atoms with van der Waals surface area (Å²) < 4.78 is 2.06. The molecule has 1 aliphatic rings. The summed E-state index contributed by atoms with van der Waals surface area (Å²) in [5.74, 6) is 0.108. The van der Waals surface area contributed by atoms with Crippen molar-refractivity contribution in [1.82, 2.24) is 14.5 Å². The number of aryl methyl sites for hydroxylation is 2. The van der Waals surface area contributed by atoms with E-state index in [0.717, 1.165) is 34.9 Å². The molecule has 1 N–H and O–H groups in total. The number of hydrogen-bond acceptors (Lipinski definition) is 1. The van der Waals surface area contributed by atoms with Crippen molar-refractivity contribution < 1.29 is 4.79 Å². The van der Waals surface area contributed by atoms with Gasteiger partial charge < -0.3 is 14.5 Å². The molecule has 0 aliphatic carbocycles. The van der Waals surface area contributed by atoms with Crippen molar-refractivity contribution in [2.45, 2.75) is 19.9 Å². The molecule has 0 atom stereocenters. The standard InChI is InChI=1S/C28H25N3O/c1-18-6-3-4-7-20(18)19-10-11-25-23(16-19)24-17-31(15-13-26(24)29-25)28(32)22-8-5-9-27-21(22)12-14-30(27)2/h3-12,14,16,29H,13,15,17H2,1-2H3. The summed E-state index contributed by atoms with van der Waals surface area (Å²) in [6, 6.07) is 23.2. The van der Waals surface area contributed by atoms with Crippen LogP contribution in [0.5, 0.6) is 0 Å². The Balaban J connectivity index is 1.39. The van der Waals surface area contributed by atoms with E-state index in [2.05, 4.69) is 65.0 Å². The molecule has 3 heterocycles. The van der Waals surface area contributed by atoms with Crippen molar-refractivity contribution in [2.75, 3.05) is 6.54 Å². The number of aromatic amines is 1. The number of amides is 1. The third-order valence-electron chi connectivity index (χ3n) is 6.88. The van der Waals surface area contributed by atoms with E-state index in [-0.39, 0.29) is 5.91 Å². The van der Waals surface area contributed by atoms with Gasteiger partial charge in [0.25, 0.3) is 5.91 Å². The lowest BCUT2D eigenvalue weighted by molar-refractivity contribution is 0.0737. The van der Waals surface area contributed by atoms with Crippen molar-refractivity contribution in [3.05, 3.63) is 95.3 Å². The molecule has 1 aliphatic heterocycles. The van der Waals surface area contributed by atoms with Gasteiger partial charge in [-0.25, -0.2) is 0 Å². The first-order valence-corrected chi connectivity index (χ1v) is 11.1. The van der Waals surface area contributed by atoms with Crippen LogP contribution >= 0.6 is 0 Å². The summed E-state index contributed by atoms with van der Waals surface area (Å²) in [4.78, 5) is 19.1. The lowest BCUT2D eigenvalue weighted by Crippen LogP contribution is -2.35. The topological polar surface area (TPSA) is 41.0 Å². The fraction of sp³-hybridized carbons (Fsp3) is 0.179. The molecule has 5 aromatic rings. The molecule has 0 bridgehead atoms. The fourth-order valence-corrected chi connectivity index (χ4v) is 5.11. The van der Waals surface area contributed by atoms with Crippen LogP contribution in [0.25, 0.3) is 32.9 Å². The molecule has 2 aromatic heterocycles. The van der Waals surface area contributed by atoms with Gasteiger partial charge in [0.2, 0.25) is 0 Å². The first-order chi connectivity index (χ1) is 15.6. The third-order valence-corrected chi connectivity index (χ3v) is 6.88. The third kappa shape index (κ3) is 2.87. The quantitative estimate of drug-likeness (QED) is 0.384. The Morgan fingerprint density at radius 3 is 2.72 bits per heavy atom. The molecule has 32 heavy (non-hydrogen) atoms. The summed E-state index contributed by atoms with van der Waals surface area (Å²) in [6.07, 6.45) is 2.86. The minimum absolute atomic E-state index is 0.108. The van der Waals surface area contributed by atoms with Crippen LogP contribution < -0.4 is 0 Å². The zero-order chi connectivity index (χ0) is 21.8. The molecule has 0 saturated heterocycles. The monoisotopic (exact) mass is 419 g/mol. The molecule has 0 radical (unpaired) electrons. The van der Waals surface area contributed by atoms with Gasteiger partial charge in [0.1, 0.15) is 0 Å². The summed E-state index contributed by atoms with van der Waals surface area (Å²) in [6.45, 7) is 3.51. The molecule has 1 amide bonds. The molecular formula is C28H25N3O. The average molecular weight is 420 g/mol. The Kier molecular flexibility index (Phi) is 4.22. The van der Waals surface area contributed by atoms with Gasteiger partial charge >= 0.3 is 0 Å². The van der Waals surface area contributed by atoms with E-state index >= 15 is 0 Å². The van der Waals surface area contributed by atoms with Gasteiger partial charge in [-0.3, -0.25) is 4.79 Å². The highest BCUT2D eigenvalue weighted by molar-refractivity contribution is 6.06. The largest absolute Gasteiger partial charge is 0.358 e. The van der Waals surface area contributed by atoms with Crippen LogP contribution in [0.15, 0.2) is 72.9 Å². The van der Waals surface area contributed by atoms with Crippen LogP contribution in [0.4, 0.5) is 0 Å². The lowest BCUT2D eigenvalue weighted by Gasteiger charge is -2.27. The Morgan fingerprint density at radius 2 is 1.84 bits per heavy atom. The predicted molar refractivity (Wildman–Crippen MR) is 130 cm³/mol. The second-order valence-corrected chi connectivity index (χ2v) is 8.80. The Hall–Kier alpha value is -3.79. The van der Waals surface area contributed by atoms with E-state index < -0.39 is 0 Å². The molecule has 4 heteroatoms. The molecular weight excluding hydrogens is 394 g/mol. The van der Waals surface area contributed by atoms with Crippen molar-refractivity contribution in [2.24, 2.45) is 7.05 Å². The smallest absolute Gasteiger partial charge is 0.254 e. The van der Waals surface area contributed by atoms with E-state index in [1.165, 1.54) is 33.3 Å². The number of H-pyrrole nitrogens is 1. The van der Waals surface area contributed by atoms with Crippen LogP contribution in [0.1, 0.15) is 27.2 Å². The maximum Gasteiger partial charge on any atom is 0.254 e. The number of carbonyl (C=O) groups is 1. The highest BCUT2D eigenvalue weighted by atomic mass is 16.2. The molecule has 3 aromatic carbocycles. The van der Waals surface area contributed by atoms with Gasteiger partial charge in [-0.2, -0.15) is 0 Å². The van der Waals surface area contributed by atoms with E-state index in [1.807, 2.05) is 36.3 Å². The summed E-state index contributed by atoms with van der Waals surface area (Å²) in [5, 5.41) is 2.24. The van der Waals surface area contributed by atoms with Crippen LogP contribution in [0, 0.1) is 6.92 Å². The Bertz CT molecular complexity index is 1500. The molecule has 4 nitrogen and oxygen atoms in total. The first kappa shape index (κ1) is 18.9. The highest BCUT2D eigenvalue weighted by Crippen LogP contribution is 2.33. The van der Waals surface area contributed by atoms with Crippen molar-refractivity contribution in [3.63, 3.8) is 0 Å². The first-order valence-electron chi connectivity index (χ1n) is 11.1. The van der Waals surface area contributed by atoms with Crippen LogP contribution in [-0.2, 0) is 20.0 Å². The second-order valence-electron chi connectivity index (χ2n) is 8.80. The Labute approximate surface area is 187 Å². The minimum Gasteiger partial charge on any atom is -0.358 e. The van der Waals surface area contributed by atoms with Crippen molar-refractivity contribution in [1.29, 1.82) is 0 Å². The summed E-state index contributed by atoms with van der Waals surface area (Å²) in [5.41, 5.74) is 9.25. The van der Waals surface area contributed by atoms with Crippen LogP contribution in [0.3, 0.4) is 0 Å². The van der Waals surface area contributed by atoms with Gasteiger partial charge in [-0.05, 0) is 53.9 Å². The van der Waals surface area contributed by atoms with Crippen LogP contribution in [0.2, 0.25) is 0 Å². The predicted octanol–water partition coefficient (Wildman–Crippen LogP) is 5.83. The van der Waals surface area contributed by atoms with Gasteiger partial charge in [0, 0.05) is 71.4 Å². The SMILES string of the molecule is Cc1ccccc1-c1ccc2[nH]c3c(c2c1)CN(C(=O)c1cccc2c1ccn2C)CC3. The van der Waals surface area contributed by atoms with Gasteiger partial charge in [-0.15, -0.1) is 0 Å². The number of hydrogen-bond donors (Lipinski definition) is 1. The zero-order valence-electron chi connectivity index (χ0n) is 18.4. The van der Waals surface area contributed by atoms with Crippen molar-refractivity contribution in [3.8, 4) is 11.1 Å². The number of nitrogens with one attached hydrogen (secondary N) is 1. The number of aromatic nitrogens is 2. The zero-order valence-corrected chi connectivity index (χ0v) is 18.4. The molecule has 0 fully saturated rings. The fourth-order valence-electron chi connectivity index (χ4n) is 5.11. The number of benzene rings is 3. The van der Waals surface area contributed by atoms with E-state index in [9.17, 15) is 4.79 Å². The maximum atomic E-state index is 13.5. The van der Waals surface area contributed by atoms with E-state index in [4.69, 9.17) is 0 Å². The molecule has 158 valence electrons. The average Bonchev–Trinajstić information content (AvgIpc) is 3.38. The summed E-state index contributed by atoms with van der Waals surface area (Å²) >= 11 is 0. The number of fused-ring (bicyclic) bond motifs is 4. The van der Waals surface area contributed by atoms with Gasteiger partial charge in [0.15, 0.2) is 0 Å². The minimum atomic E-state index is 0.108. The summed E-state index contributed by atoms with van der Waals surface area (Å²) in [7, 11) is 2.02. The van der Waals surface area contributed by atoms with E-state index in [1.54, 1.807) is 0 Å². The number of nitrogens with zero attached hydrogens (tertiary/aromatic N) is 2. The molecule has 0 spiro atoms. The Morgan fingerprint density at radius 1 is 0.969 bits per heavy atom. The normalized spacial score (nSPS) is 13.6. The van der Waals surface area contributed by atoms with E-state index in [0.29, 0.717) is 6.54 Å². The van der Waals surface area contributed by atoms with Crippen molar-refractivity contribution >= 4 is 27.7 Å². The highest BCUT2D eigenvalue weighted by Gasteiger charge is 2.26. The maximum absolute atomic E-state index is 13.5. The molecule has 0 saturated carbocycles. The number of rotatable bonds is 2. The number of carbonyl (C=O) groups excluding carboxylic acids is 1. The van der Waals surface area contributed by atoms with Crippen LogP contribution in [-0.4, -0.2) is 26.9 Å². The second kappa shape index (κ2) is 7.13. The lowest BCUT2D eigenvalue weighted by atomic mass is 9.97. The molecule has 6 rings (SSSR count). The van der Waals surface area contributed by atoms with Gasteiger partial charge in [-0.1, -0.05) is 36.4 Å². The van der Waals surface area contributed by atoms with Gasteiger partial charge in [0.05, 0.1) is 0 Å².